The number of hydrazine groups is 1. The molecule has 2 fully saturated rings. The molecule has 1 aromatic carbocycles. The minimum absolute atomic E-state index is 0.00605. The first-order chi connectivity index (χ1) is 12.8. The normalized spacial score (nSPS) is 21.0. The minimum atomic E-state index is -0.00605. The lowest BCUT2D eigenvalue weighted by Crippen LogP contribution is -2.46. The van der Waals surface area contributed by atoms with Gasteiger partial charge in [0.1, 0.15) is 12.3 Å². The SMILES string of the molecule is N#Cc1coc(N2CCC(C(=O)N3NCCC3c3ccccc3)CC2)n1. The number of carbonyl (C=O) groups excluding carboxylic acids is 1. The third kappa shape index (κ3) is 3.16. The second-order valence-corrected chi connectivity index (χ2v) is 6.72. The molecule has 2 aliphatic heterocycles. The van der Waals surface area contributed by atoms with Crippen LogP contribution in [0.25, 0.3) is 0 Å². The van der Waals surface area contributed by atoms with Crippen molar-refractivity contribution in [1.82, 2.24) is 15.4 Å². The van der Waals surface area contributed by atoms with Gasteiger partial charge in [0.05, 0.1) is 6.04 Å². The van der Waals surface area contributed by atoms with E-state index >= 15 is 0 Å². The molecule has 1 unspecified atom stereocenters. The van der Waals surface area contributed by atoms with Crippen LogP contribution in [0.3, 0.4) is 0 Å². The molecule has 0 saturated carbocycles. The third-order valence-electron chi connectivity index (χ3n) is 5.15. The number of hydrogen-bond acceptors (Lipinski definition) is 6. The fourth-order valence-electron chi connectivity index (χ4n) is 3.76. The maximum atomic E-state index is 13.0. The number of benzene rings is 1. The standard InChI is InChI=1S/C19H21N5O2/c20-12-16-13-26-19(22-16)23-10-7-15(8-11-23)18(25)24-17(6-9-21-24)14-4-2-1-3-5-14/h1-5,13,15,17,21H,6-11H2. The van der Waals surface area contributed by atoms with Crippen LogP contribution >= 0.6 is 0 Å². The molecule has 7 nitrogen and oxygen atoms in total. The summed E-state index contributed by atoms with van der Waals surface area (Å²) in [5.41, 5.74) is 4.72. The fraction of sp³-hybridized carbons (Fsp3) is 0.421. The van der Waals surface area contributed by atoms with E-state index in [2.05, 4.69) is 22.5 Å². The average Bonchev–Trinajstić information content (AvgIpc) is 3.38. The second kappa shape index (κ2) is 7.18. The number of anilines is 1. The Balaban J connectivity index is 1.39. The summed E-state index contributed by atoms with van der Waals surface area (Å²) in [6.07, 6.45) is 3.80. The Bertz CT molecular complexity index is 805. The van der Waals surface area contributed by atoms with E-state index in [-0.39, 0.29) is 23.6 Å². The number of piperidine rings is 1. The van der Waals surface area contributed by atoms with Crippen LogP contribution in [0.2, 0.25) is 0 Å². The highest BCUT2D eigenvalue weighted by molar-refractivity contribution is 5.79. The van der Waals surface area contributed by atoms with Gasteiger partial charge in [-0.1, -0.05) is 30.3 Å². The molecule has 4 rings (SSSR count). The van der Waals surface area contributed by atoms with Crippen molar-refractivity contribution in [1.29, 1.82) is 5.26 Å². The molecule has 0 spiro atoms. The zero-order valence-electron chi connectivity index (χ0n) is 14.5. The van der Waals surface area contributed by atoms with Gasteiger partial charge < -0.3 is 9.32 Å². The van der Waals surface area contributed by atoms with Gasteiger partial charge in [-0.25, -0.2) is 5.43 Å². The number of rotatable bonds is 3. The topological polar surface area (TPSA) is 85.4 Å². The van der Waals surface area contributed by atoms with E-state index in [4.69, 9.17) is 9.68 Å². The van der Waals surface area contributed by atoms with Crippen molar-refractivity contribution in [2.45, 2.75) is 25.3 Å². The summed E-state index contributed by atoms with van der Waals surface area (Å²) >= 11 is 0. The Morgan fingerprint density at radius 1 is 1.23 bits per heavy atom. The van der Waals surface area contributed by atoms with E-state index in [9.17, 15) is 4.79 Å². The molecule has 26 heavy (non-hydrogen) atoms. The lowest BCUT2D eigenvalue weighted by Gasteiger charge is -2.34. The molecule has 1 aromatic heterocycles. The Labute approximate surface area is 152 Å². The monoisotopic (exact) mass is 351 g/mol. The van der Waals surface area contributed by atoms with Crippen LogP contribution in [0.1, 0.15) is 36.6 Å². The van der Waals surface area contributed by atoms with Gasteiger partial charge in [-0.2, -0.15) is 10.2 Å². The highest BCUT2D eigenvalue weighted by atomic mass is 16.4. The summed E-state index contributed by atoms with van der Waals surface area (Å²) in [7, 11) is 0. The van der Waals surface area contributed by atoms with Crippen LogP contribution in [-0.2, 0) is 4.79 Å². The van der Waals surface area contributed by atoms with Crippen molar-refractivity contribution in [3.8, 4) is 6.07 Å². The molecule has 7 heteroatoms. The van der Waals surface area contributed by atoms with Gasteiger partial charge >= 0.3 is 0 Å². The highest BCUT2D eigenvalue weighted by Gasteiger charge is 2.36. The number of hydrogen-bond donors (Lipinski definition) is 1. The summed E-state index contributed by atoms with van der Waals surface area (Å²) in [6, 6.07) is 12.7. The van der Waals surface area contributed by atoms with Gasteiger partial charge in [0.25, 0.3) is 6.01 Å². The predicted molar refractivity (Wildman–Crippen MR) is 94.8 cm³/mol. The van der Waals surface area contributed by atoms with Crippen molar-refractivity contribution < 1.29 is 9.21 Å². The van der Waals surface area contributed by atoms with E-state index < -0.39 is 0 Å². The maximum absolute atomic E-state index is 13.0. The third-order valence-corrected chi connectivity index (χ3v) is 5.15. The van der Waals surface area contributed by atoms with E-state index in [1.165, 1.54) is 11.8 Å². The molecule has 2 aliphatic rings. The molecular formula is C19H21N5O2. The summed E-state index contributed by atoms with van der Waals surface area (Å²) in [5, 5.41) is 10.7. The van der Waals surface area contributed by atoms with Gasteiger partial charge in [0, 0.05) is 25.6 Å². The van der Waals surface area contributed by atoms with Gasteiger partial charge in [-0.15, -0.1) is 0 Å². The van der Waals surface area contributed by atoms with Crippen molar-refractivity contribution in [2.75, 3.05) is 24.5 Å². The van der Waals surface area contributed by atoms with Gasteiger partial charge in [-0.05, 0) is 24.8 Å². The molecule has 2 aromatic rings. The largest absolute Gasteiger partial charge is 0.431 e. The molecule has 0 aliphatic carbocycles. The predicted octanol–water partition coefficient (Wildman–Crippen LogP) is 2.24. The molecule has 0 radical (unpaired) electrons. The lowest BCUT2D eigenvalue weighted by atomic mass is 9.94. The first kappa shape index (κ1) is 16.6. The quantitative estimate of drug-likeness (QED) is 0.913. The van der Waals surface area contributed by atoms with E-state index in [0.717, 1.165) is 25.8 Å². The second-order valence-electron chi connectivity index (χ2n) is 6.72. The Hall–Kier alpha value is -2.85. The Kier molecular flexibility index (Phi) is 4.59. The minimum Gasteiger partial charge on any atom is -0.431 e. The van der Waals surface area contributed by atoms with Crippen molar-refractivity contribution in [3.05, 3.63) is 47.9 Å². The number of nitrogens with one attached hydrogen (secondary N) is 1. The van der Waals surface area contributed by atoms with Crippen LogP contribution in [0.15, 0.2) is 41.0 Å². The summed E-state index contributed by atoms with van der Waals surface area (Å²) in [6.45, 7) is 2.22. The van der Waals surface area contributed by atoms with Crippen molar-refractivity contribution in [2.24, 2.45) is 5.92 Å². The molecule has 1 atom stereocenters. The van der Waals surface area contributed by atoms with Crippen LogP contribution < -0.4 is 10.3 Å². The number of carbonyl (C=O) groups is 1. The number of aromatic nitrogens is 1. The fourth-order valence-corrected chi connectivity index (χ4v) is 3.76. The Morgan fingerprint density at radius 3 is 2.69 bits per heavy atom. The lowest BCUT2D eigenvalue weighted by molar-refractivity contribution is -0.140. The van der Waals surface area contributed by atoms with Crippen molar-refractivity contribution in [3.63, 3.8) is 0 Å². The molecule has 134 valence electrons. The smallest absolute Gasteiger partial charge is 0.298 e. The number of oxazole rings is 1. The van der Waals surface area contributed by atoms with Gasteiger partial charge in [0.15, 0.2) is 5.69 Å². The molecule has 1 N–H and O–H groups in total. The van der Waals surface area contributed by atoms with Crippen LogP contribution in [0.4, 0.5) is 6.01 Å². The van der Waals surface area contributed by atoms with E-state index in [1.807, 2.05) is 34.2 Å². The first-order valence-electron chi connectivity index (χ1n) is 8.98. The first-order valence-corrected chi connectivity index (χ1v) is 8.98. The molecule has 1 amide bonds. The summed E-state index contributed by atoms with van der Waals surface area (Å²) in [4.78, 5) is 19.2. The molecular weight excluding hydrogens is 330 g/mol. The van der Waals surface area contributed by atoms with Crippen LogP contribution in [0.5, 0.6) is 0 Å². The van der Waals surface area contributed by atoms with Crippen LogP contribution in [0, 0.1) is 17.2 Å². The number of amides is 1. The summed E-state index contributed by atoms with van der Waals surface area (Å²) < 4.78 is 5.35. The summed E-state index contributed by atoms with van der Waals surface area (Å²) in [5.74, 6) is 0.162. The van der Waals surface area contributed by atoms with E-state index in [1.54, 1.807) is 0 Å². The molecule has 0 bridgehead atoms. The maximum Gasteiger partial charge on any atom is 0.298 e. The van der Waals surface area contributed by atoms with E-state index in [0.29, 0.717) is 19.1 Å². The van der Waals surface area contributed by atoms with Crippen LogP contribution in [-0.4, -0.2) is 35.5 Å². The van der Waals surface area contributed by atoms with Crippen molar-refractivity contribution >= 4 is 11.9 Å². The average molecular weight is 351 g/mol. The van der Waals surface area contributed by atoms with Gasteiger partial charge in [-0.3, -0.25) is 9.80 Å². The molecule has 2 saturated heterocycles. The number of nitriles is 1. The zero-order chi connectivity index (χ0) is 17.9. The van der Waals surface area contributed by atoms with Gasteiger partial charge in [0.2, 0.25) is 5.91 Å². The molecule has 3 heterocycles. The highest BCUT2D eigenvalue weighted by Crippen LogP contribution is 2.31. The Morgan fingerprint density at radius 2 is 2.00 bits per heavy atom. The zero-order valence-corrected chi connectivity index (χ0v) is 14.5. The number of nitrogens with zero attached hydrogens (tertiary/aromatic N) is 4.